The summed E-state index contributed by atoms with van der Waals surface area (Å²) in [5.74, 6) is 0.677. The molecule has 3 rings (SSSR count). The molecule has 5 heteroatoms. The van der Waals surface area contributed by atoms with Crippen molar-refractivity contribution in [3.05, 3.63) is 58.4 Å². The molecule has 0 unspecified atom stereocenters. The zero-order valence-corrected chi connectivity index (χ0v) is 15.6. The van der Waals surface area contributed by atoms with Crippen molar-refractivity contribution in [1.29, 1.82) is 0 Å². The van der Waals surface area contributed by atoms with Crippen LogP contribution in [-0.2, 0) is 24.2 Å². The molecule has 0 aliphatic heterocycles. The van der Waals surface area contributed by atoms with Gasteiger partial charge in [0.05, 0.1) is 18.2 Å². The average molecular weight is 354 g/mol. The van der Waals surface area contributed by atoms with Crippen LogP contribution < -0.4 is 9.54 Å². The molecule has 1 amide bonds. The largest absolute Gasteiger partial charge is 0.495 e. The molecule has 0 radical (unpaired) electrons. The molecular weight excluding hydrogens is 332 g/mol. The first kappa shape index (κ1) is 17.4. The Kier molecular flexibility index (Phi) is 5.34. The van der Waals surface area contributed by atoms with E-state index in [1.807, 2.05) is 41.8 Å². The summed E-state index contributed by atoms with van der Waals surface area (Å²) in [5, 5.41) is 0. The van der Waals surface area contributed by atoms with E-state index in [0.717, 1.165) is 39.3 Å². The SMILES string of the molecule is CCc1ccc(CC(=O)N=c2sc3cccc(OC)c3n2CC)cc1. The third kappa shape index (κ3) is 3.66. The Morgan fingerprint density at radius 2 is 1.84 bits per heavy atom. The van der Waals surface area contributed by atoms with Gasteiger partial charge in [-0.25, -0.2) is 0 Å². The van der Waals surface area contributed by atoms with Crippen LogP contribution in [0.3, 0.4) is 0 Å². The number of thiazole rings is 1. The molecule has 2 aromatic carbocycles. The highest BCUT2D eigenvalue weighted by Crippen LogP contribution is 2.27. The number of aryl methyl sites for hydroxylation is 2. The first-order valence-corrected chi connectivity index (χ1v) is 9.29. The van der Waals surface area contributed by atoms with Gasteiger partial charge in [0.15, 0.2) is 4.80 Å². The fourth-order valence-corrected chi connectivity index (χ4v) is 3.98. The Hall–Kier alpha value is -2.40. The molecule has 0 aliphatic rings. The van der Waals surface area contributed by atoms with Gasteiger partial charge in [-0.05, 0) is 36.6 Å². The van der Waals surface area contributed by atoms with Gasteiger partial charge in [0.25, 0.3) is 5.91 Å². The van der Waals surface area contributed by atoms with Crippen LogP contribution in [-0.4, -0.2) is 17.6 Å². The fourth-order valence-electron chi connectivity index (χ4n) is 2.85. The summed E-state index contributed by atoms with van der Waals surface area (Å²) < 4.78 is 8.57. The van der Waals surface area contributed by atoms with Gasteiger partial charge in [-0.15, -0.1) is 0 Å². The summed E-state index contributed by atoms with van der Waals surface area (Å²) in [5.41, 5.74) is 3.26. The average Bonchev–Trinajstić information content (AvgIpc) is 2.99. The normalized spacial score (nSPS) is 11.9. The smallest absolute Gasteiger partial charge is 0.252 e. The predicted molar refractivity (Wildman–Crippen MR) is 102 cm³/mol. The fraction of sp³-hybridized carbons (Fsp3) is 0.300. The maximum atomic E-state index is 12.4. The lowest BCUT2D eigenvalue weighted by Crippen LogP contribution is -2.16. The van der Waals surface area contributed by atoms with Gasteiger partial charge >= 0.3 is 0 Å². The molecule has 0 spiro atoms. The second-order valence-electron chi connectivity index (χ2n) is 5.79. The third-order valence-corrected chi connectivity index (χ3v) is 5.25. The first-order valence-electron chi connectivity index (χ1n) is 8.48. The van der Waals surface area contributed by atoms with E-state index in [4.69, 9.17) is 4.74 Å². The maximum absolute atomic E-state index is 12.4. The second kappa shape index (κ2) is 7.66. The van der Waals surface area contributed by atoms with Crippen molar-refractivity contribution in [3.63, 3.8) is 0 Å². The van der Waals surface area contributed by atoms with E-state index in [2.05, 4.69) is 24.0 Å². The summed E-state index contributed by atoms with van der Waals surface area (Å²) in [4.78, 5) is 17.5. The molecule has 130 valence electrons. The second-order valence-corrected chi connectivity index (χ2v) is 6.80. The molecule has 4 nitrogen and oxygen atoms in total. The number of carbonyl (C=O) groups is 1. The third-order valence-electron chi connectivity index (χ3n) is 4.21. The number of rotatable bonds is 5. The van der Waals surface area contributed by atoms with Gasteiger partial charge in [0.1, 0.15) is 11.3 Å². The highest BCUT2D eigenvalue weighted by molar-refractivity contribution is 7.16. The van der Waals surface area contributed by atoms with Gasteiger partial charge in [0, 0.05) is 6.54 Å². The Labute approximate surface area is 151 Å². The van der Waals surface area contributed by atoms with E-state index in [1.165, 1.54) is 16.9 Å². The van der Waals surface area contributed by atoms with E-state index in [0.29, 0.717) is 6.42 Å². The summed E-state index contributed by atoms with van der Waals surface area (Å²) >= 11 is 1.52. The lowest BCUT2D eigenvalue weighted by molar-refractivity contribution is -0.117. The number of benzene rings is 2. The number of hydrogen-bond donors (Lipinski definition) is 0. The van der Waals surface area contributed by atoms with Crippen LogP contribution in [0.1, 0.15) is 25.0 Å². The van der Waals surface area contributed by atoms with E-state index < -0.39 is 0 Å². The van der Waals surface area contributed by atoms with E-state index in [1.54, 1.807) is 7.11 Å². The van der Waals surface area contributed by atoms with Gasteiger partial charge in [-0.1, -0.05) is 48.6 Å². The van der Waals surface area contributed by atoms with Crippen LogP contribution in [0.25, 0.3) is 10.2 Å². The van der Waals surface area contributed by atoms with Crippen molar-refractivity contribution < 1.29 is 9.53 Å². The molecule has 0 bridgehead atoms. The van der Waals surface area contributed by atoms with Gasteiger partial charge < -0.3 is 9.30 Å². The quantitative estimate of drug-likeness (QED) is 0.696. The predicted octanol–water partition coefficient (Wildman–Crippen LogP) is 3.96. The minimum absolute atomic E-state index is 0.128. The lowest BCUT2D eigenvalue weighted by Gasteiger charge is -2.05. The first-order chi connectivity index (χ1) is 12.2. The molecule has 0 atom stereocenters. The summed E-state index contributed by atoms with van der Waals surface area (Å²) in [6.07, 6.45) is 1.32. The Morgan fingerprint density at radius 3 is 2.48 bits per heavy atom. The number of ether oxygens (including phenoxy) is 1. The standard InChI is InChI=1S/C20H22N2O2S/c1-4-14-9-11-15(12-10-14)13-18(23)21-20-22(5-2)19-16(24-3)7-6-8-17(19)25-20/h6-12H,4-5,13H2,1-3H3. The molecule has 3 aromatic rings. The van der Waals surface area contributed by atoms with Crippen LogP contribution in [0.4, 0.5) is 0 Å². The number of para-hydroxylation sites is 1. The van der Waals surface area contributed by atoms with Crippen molar-refractivity contribution >= 4 is 27.5 Å². The zero-order chi connectivity index (χ0) is 17.8. The number of carbonyl (C=O) groups excluding carboxylic acids is 1. The highest BCUT2D eigenvalue weighted by atomic mass is 32.1. The monoisotopic (exact) mass is 354 g/mol. The van der Waals surface area contributed by atoms with E-state index >= 15 is 0 Å². The topological polar surface area (TPSA) is 43.6 Å². The molecule has 0 N–H and O–H groups in total. The van der Waals surface area contributed by atoms with Crippen LogP contribution in [0, 0.1) is 0 Å². The highest BCUT2D eigenvalue weighted by Gasteiger charge is 2.11. The lowest BCUT2D eigenvalue weighted by atomic mass is 10.1. The molecule has 25 heavy (non-hydrogen) atoms. The van der Waals surface area contributed by atoms with Gasteiger partial charge in [-0.2, -0.15) is 4.99 Å². The Morgan fingerprint density at radius 1 is 1.12 bits per heavy atom. The zero-order valence-electron chi connectivity index (χ0n) is 14.8. The molecule has 1 aromatic heterocycles. The maximum Gasteiger partial charge on any atom is 0.252 e. The molecule has 0 saturated heterocycles. The minimum Gasteiger partial charge on any atom is -0.495 e. The van der Waals surface area contributed by atoms with Crippen molar-refractivity contribution in [1.82, 2.24) is 4.57 Å². The number of aromatic nitrogens is 1. The summed E-state index contributed by atoms with van der Waals surface area (Å²) in [6.45, 7) is 4.90. The summed E-state index contributed by atoms with van der Waals surface area (Å²) in [7, 11) is 1.66. The number of methoxy groups -OCH3 is 1. The number of hydrogen-bond acceptors (Lipinski definition) is 3. The van der Waals surface area contributed by atoms with E-state index in [-0.39, 0.29) is 5.91 Å². The van der Waals surface area contributed by atoms with Crippen molar-refractivity contribution in [2.45, 2.75) is 33.2 Å². The van der Waals surface area contributed by atoms with Crippen molar-refractivity contribution in [3.8, 4) is 5.75 Å². The molecule has 0 aliphatic carbocycles. The summed E-state index contributed by atoms with van der Waals surface area (Å²) in [6, 6.07) is 14.1. The molecule has 1 heterocycles. The number of amides is 1. The Balaban J connectivity index is 1.95. The van der Waals surface area contributed by atoms with Gasteiger partial charge in [-0.3, -0.25) is 4.79 Å². The number of nitrogens with zero attached hydrogens (tertiary/aromatic N) is 2. The van der Waals surface area contributed by atoms with Crippen molar-refractivity contribution in [2.24, 2.45) is 4.99 Å². The van der Waals surface area contributed by atoms with Crippen LogP contribution in [0.15, 0.2) is 47.5 Å². The van der Waals surface area contributed by atoms with E-state index in [9.17, 15) is 4.79 Å². The molecule has 0 fully saturated rings. The van der Waals surface area contributed by atoms with Crippen LogP contribution >= 0.6 is 11.3 Å². The van der Waals surface area contributed by atoms with Crippen LogP contribution in [0.2, 0.25) is 0 Å². The minimum atomic E-state index is -0.128. The molecule has 0 saturated carbocycles. The molecular formula is C20H22N2O2S. The van der Waals surface area contributed by atoms with Crippen molar-refractivity contribution in [2.75, 3.05) is 7.11 Å². The number of fused-ring (bicyclic) bond motifs is 1. The van der Waals surface area contributed by atoms with Crippen LogP contribution in [0.5, 0.6) is 5.75 Å². The van der Waals surface area contributed by atoms with Gasteiger partial charge in [0.2, 0.25) is 0 Å². The Bertz CT molecular complexity index is 952.